The van der Waals surface area contributed by atoms with Crippen molar-refractivity contribution in [3.63, 3.8) is 0 Å². The molecule has 0 bridgehead atoms. The van der Waals surface area contributed by atoms with Crippen LogP contribution in [0.4, 0.5) is 0 Å². The van der Waals surface area contributed by atoms with Crippen LogP contribution in [0.5, 0.6) is 5.75 Å². The van der Waals surface area contributed by atoms with Crippen molar-refractivity contribution in [3.8, 4) is 17.3 Å². The molecule has 0 saturated carbocycles. The number of aromatic amines is 1. The molecule has 3 rings (SSSR count). The summed E-state index contributed by atoms with van der Waals surface area (Å²) in [5.74, 6) is 2.53. The van der Waals surface area contributed by atoms with Gasteiger partial charge in [-0.1, -0.05) is 46.8 Å². The Balaban J connectivity index is 1.61. The number of rotatable bonds is 6. The van der Waals surface area contributed by atoms with E-state index in [4.69, 9.17) is 9.15 Å². The second-order valence-electron chi connectivity index (χ2n) is 8.44. The van der Waals surface area contributed by atoms with Crippen LogP contribution in [0, 0.1) is 5.41 Å². The van der Waals surface area contributed by atoms with Gasteiger partial charge < -0.3 is 9.15 Å². The van der Waals surface area contributed by atoms with Gasteiger partial charge in [-0.2, -0.15) is 5.21 Å². The lowest BCUT2D eigenvalue weighted by molar-refractivity contribution is 0.270. The summed E-state index contributed by atoms with van der Waals surface area (Å²) in [5.41, 5.74) is 1.73. The predicted molar refractivity (Wildman–Crippen MR) is 99.8 cm³/mol. The van der Waals surface area contributed by atoms with Crippen LogP contribution in [-0.2, 0) is 12.0 Å². The van der Waals surface area contributed by atoms with Crippen molar-refractivity contribution in [2.24, 2.45) is 5.41 Å². The highest BCUT2D eigenvalue weighted by Crippen LogP contribution is 2.36. The number of nitrogens with zero attached hydrogens (tertiary/aromatic N) is 3. The molecule has 2 aromatic heterocycles. The highest BCUT2D eigenvalue weighted by atomic mass is 16.5. The Morgan fingerprint density at radius 2 is 1.73 bits per heavy atom. The number of benzene rings is 1. The first-order valence-corrected chi connectivity index (χ1v) is 8.79. The Bertz CT molecular complexity index is 828. The molecular weight excluding hydrogens is 328 g/mol. The zero-order valence-electron chi connectivity index (χ0n) is 16.0. The number of hydrogen-bond acceptors (Lipinski definition) is 5. The molecule has 0 aliphatic rings. The third-order valence-corrected chi connectivity index (χ3v) is 4.22. The summed E-state index contributed by atoms with van der Waals surface area (Å²) >= 11 is 0. The van der Waals surface area contributed by atoms with E-state index < -0.39 is 0 Å². The first-order valence-electron chi connectivity index (χ1n) is 8.79. The SMILES string of the molecule is CC(C)(C)CC(C)(C)c1ccc(OCc2ccc(-c3nn[nH]n3)o2)cc1. The highest BCUT2D eigenvalue weighted by molar-refractivity contribution is 5.45. The maximum absolute atomic E-state index is 5.83. The van der Waals surface area contributed by atoms with Gasteiger partial charge in [0.15, 0.2) is 5.76 Å². The van der Waals surface area contributed by atoms with E-state index in [-0.39, 0.29) is 10.8 Å². The molecule has 0 aliphatic carbocycles. The van der Waals surface area contributed by atoms with Crippen molar-refractivity contribution in [1.29, 1.82) is 0 Å². The maximum Gasteiger partial charge on any atom is 0.239 e. The average Bonchev–Trinajstić information content (AvgIpc) is 3.22. The minimum Gasteiger partial charge on any atom is -0.486 e. The number of aromatic nitrogens is 4. The molecule has 138 valence electrons. The summed E-state index contributed by atoms with van der Waals surface area (Å²) in [6.07, 6.45) is 1.12. The highest BCUT2D eigenvalue weighted by Gasteiger charge is 2.27. The third kappa shape index (κ3) is 4.50. The fourth-order valence-corrected chi connectivity index (χ4v) is 3.43. The van der Waals surface area contributed by atoms with Crippen LogP contribution in [0.25, 0.3) is 11.6 Å². The molecule has 26 heavy (non-hydrogen) atoms. The molecule has 0 unspecified atom stereocenters. The van der Waals surface area contributed by atoms with Gasteiger partial charge in [-0.25, -0.2) is 0 Å². The second-order valence-corrected chi connectivity index (χ2v) is 8.44. The Kier molecular flexibility index (Phi) is 4.85. The summed E-state index contributed by atoms with van der Waals surface area (Å²) in [6.45, 7) is 11.8. The van der Waals surface area contributed by atoms with Crippen molar-refractivity contribution in [2.45, 2.75) is 53.1 Å². The van der Waals surface area contributed by atoms with Crippen molar-refractivity contribution in [2.75, 3.05) is 0 Å². The molecule has 2 heterocycles. The van der Waals surface area contributed by atoms with Crippen LogP contribution < -0.4 is 4.74 Å². The minimum absolute atomic E-state index is 0.122. The van der Waals surface area contributed by atoms with Crippen LogP contribution in [0.1, 0.15) is 52.4 Å². The smallest absolute Gasteiger partial charge is 0.239 e. The van der Waals surface area contributed by atoms with E-state index in [1.807, 2.05) is 24.3 Å². The standard InChI is InChI=1S/C20H26N4O2/c1-19(2,3)13-20(4,5)14-6-8-15(9-7-14)25-12-16-10-11-17(26-16)18-21-23-24-22-18/h6-11H,12-13H2,1-5H3,(H,21,22,23,24). The second kappa shape index (κ2) is 6.94. The lowest BCUT2D eigenvalue weighted by Crippen LogP contribution is -2.24. The molecule has 0 radical (unpaired) electrons. The number of H-pyrrole nitrogens is 1. The fraction of sp³-hybridized carbons (Fsp3) is 0.450. The predicted octanol–water partition coefficient (Wildman–Crippen LogP) is 4.75. The van der Waals surface area contributed by atoms with E-state index in [1.165, 1.54) is 5.56 Å². The summed E-state index contributed by atoms with van der Waals surface area (Å²) < 4.78 is 11.5. The Hall–Kier alpha value is -2.63. The molecule has 1 aromatic carbocycles. The minimum atomic E-state index is 0.122. The molecule has 0 spiro atoms. The number of tetrazole rings is 1. The molecule has 0 atom stereocenters. The van der Waals surface area contributed by atoms with Gasteiger partial charge in [-0.3, -0.25) is 0 Å². The Morgan fingerprint density at radius 1 is 1.00 bits per heavy atom. The van der Waals surface area contributed by atoms with Crippen molar-refractivity contribution >= 4 is 0 Å². The Morgan fingerprint density at radius 3 is 2.35 bits per heavy atom. The quantitative estimate of drug-likeness (QED) is 0.691. The lowest BCUT2D eigenvalue weighted by Gasteiger charge is -2.33. The first kappa shape index (κ1) is 18.2. The topological polar surface area (TPSA) is 76.8 Å². The van der Waals surface area contributed by atoms with Crippen molar-refractivity contribution in [1.82, 2.24) is 20.6 Å². The van der Waals surface area contributed by atoms with Gasteiger partial charge in [-0.05, 0) is 52.3 Å². The molecule has 1 N–H and O–H groups in total. The number of furan rings is 1. The largest absolute Gasteiger partial charge is 0.486 e. The molecule has 0 amide bonds. The van der Waals surface area contributed by atoms with Gasteiger partial charge in [0.1, 0.15) is 18.1 Å². The van der Waals surface area contributed by atoms with E-state index in [2.05, 4.69) is 67.4 Å². The monoisotopic (exact) mass is 354 g/mol. The first-order chi connectivity index (χ1) is 12.2. The maximum atomic E-state index is 5.83. The van der Waals surface area contributed by atoms with Gasteiger partial charge in [0.2, 0.25) is 5.82 Å². The van der Waals surface area contributed by atoms with Crippen LogP contribution in [0.15, 0.2) is 40.8 Å². The van der Waals surface area contributed by atoms with Gasteiger partial charge in [0, 0.05) is 0 Å². The Labute approximate surface area is 154 Å². The summed E-state index contributed by atoms with van der Waals surface area (Å²) in [4.78, 5) is 0. The lowest BCUT2D eigenvalue weighted by atomic mass is 9.72. The molecular formula is C20H26N4O2. The number of hydrogen-bond donors (Lipinski definition) is 1. The van der Waals surface area contributed by atoms with Crippen LogP contribution in [-0.4, -0.2) is 20.6 Å². The zero-order chi connectivity index (χ0) is 18.8. The van der Waals surface area contributed by atoms with Crippen molar-refractivity contribution < 1.29 is 9.15 Å². The van der Waals surface area contributed by atoms with E-state index in [1.54, 1.807) is 0 Å². The molecule has 0 fully saturated rings. The van der Waals surface area contributed by atoms with E-state index in [0.29, 0.717) is 24.0 Å². The van der Waals surface area contributed by atoms with Gasteiger partial charge >= 0.3 is 0 Å². The van der Waals surface area contributed by atoms with Gasteiger partial charge in [-0.15, -0.1) is 10.2 Å². The van der Waals surface area contributed by atoms with Crippen LogP contribution in [0.2, 0.25) is 0 Å². The summed E-state index contributed by atoms with van der Waals surface area (Å²) in [5, 5.41) is 13.7. The number of ether oxygens (including phenoxy) is 1. The van der Waals surface area contributed by atoms with Gasteiger partial charge in [0.05, 0.1) is 0 Å². The van der Waals surface area contributed by atoms with E-state index in [0.717, 1.165) is 12.2 Å². The van der Waals surface area contributed by atoms with Crippen LogP contribution >= 0.6 is 0 Å². The molecule has 0 saturated heterocycles. The summed E-state index contributed by atoms with van der Waals surface area (Å²) in [6, 6.07) is 12.0. The van der Waals surface area contributed by atoms with E-state index in [9.17, 15) is 0 Å². The van der Waals surface area contributed by atoms with E-state index >= 15 is 0 Å². The molecule has 6 heteroatoms. The molecule has 0 aliphatic heterocycles. The number of nitrogens with one attached hydrogen (secondary N) is 1. The summed E-state index contributed by atoms with van der Waals surface area (Å²) in [7, 11) is 0. The normalized spacial score (nSPS) is 12.3. The van der Waals surface area contributed by atoms with Crippen LogP contribution in [0.3, 0.4) is 0 Å². The third-order valence-electron chi connectivity index (χ3n) is 4.22. The molecule has 3 aromatic rings. The molecule has 6 nitrogen and oxygen atoms in total. The van der Waals surface area contributed by atoms with Gasteiger partial charge in [0.25, 0.3) is 0 Å². The van der Waals surface area contributed by atoms with Crippen molar-refractivity contribution in [3.05, 3.63) is 47.7 Å². The fourth-order valence-electron chi connectivity index (χ4n) is 3.43. The zero-order valence-corrected chi connectivity index (χ0v) is 16.0. The average molecular weight is 354 g/mol.